The largest absolute Gasteiger partial charge is 0.413 e. The van der Waals surface area contributed by atoms with E-state index in [0.29, 0.717) is 26.7 Å². The first-order valence-electron chi connectivity index (χ1n) is 13.7. The van der Waals surface area contributed by atoms with Gasteiger partial charge in [-0.15, -0.1) is 0 Å². The fourth-order valence-corrected chi connectivity index (χ4v) is 5.13. The molecule has 3 atom stereocenters. The molecule has 0 aliphatic carbocycles. The van der Waals surface area contributed by atoms with Crippen LogP contribution in [0, 0.1) is 28.1 Å². The highest BCUT2D eigenvalue weighted by Gasteiger charge is 2.56. The molecule has 2 amide bonds. The predicted octanol–water partition coefficient (Wildman–Crippen LogP) is 7.46. The van der Waals surface area contributed by atoms with Gasteiger partial charge in [-0.3, -0.25) is 15.0 Å². The van der Waals surface area contributed by atoms with Gasteiger partial charge in [0.25, 0.3) is 5.91 Å². The second-order valence-electron chi connectivity index (χ2n) is 9.97. The molecule has 250 valence electrons. The van der Waals surface area contributed by atoms with E-state index in [-0.39, 0.29) is 24.0 Å². The molecule has 46 heavy (non-hydrogen) atoms. The summed E-state index contributed by atoms with van der Waals surface area (Å²) in [6, 6.07) is 11.8. The topological polar surface area (TPSA) is 147 Å². The normalized spacial score (nSPS) is 13.8. The van der Waals surface area contributed by atoms with Gasteiger partial charge in [-0.05, 0) is 48.2 Å². The van der Waals surface area contributed by atoms with E-state index in [4.69, 9.17) is 21.7 Å². The fraction of sp³-hybridized carbons (Fsp3) is 0.433. The van der Waals surface area contributed by atoms with Crippen molar-refractivity contribution in [2.75, 3.05) is 13.1 Å². The van der Waals surface area contributed by atoms with Gasteiger partial charge in [0.15, 0.2) is 6.04 Å². The lowest BCUT2D eigenvalue weighted by molar-refractivity contribution is -0.188. The molecule has 0 saturated heterocycles. The maximum absolute atomic E-state index is 13.7. The summed E-state index contributed by atoms with van der Waals surface area (Å²) in [6.45, 7) is 2.22. The van der Waals surface area contributed by atoms with Crippen molar-refractivity contribution in [3.63, 3.8) is 0 Å². The number of benzene rings is 2. The van der Waals surface area contributed by atoms with E-state index in [0.717, 1.165) is 0 Å². The summed E-state index contributed by atoms with van der Waals surface area (Å²) in [6.07, 6.45) is -8.82. The molecule has 0 bridgehead atoms. The van der Waals surface area contributed by atoms with Crippen molar-refractivity contribution in [2.24, 2.45) is 5.73 Å². The Balaban J connectivity index is 0.000000460. The Labute approximate surface area is 279 Å². The number of hydrogen-bond acceptors (Lipinski definition) is 6. The Morgan fingerprint density at radius 2 is 1.39 bits per heavy atom. The van der Waals surface area contributed by atoms with Crippen LogP contribution in [0.4, 0.5) is 26.3 Å². The molecule has 4 N–H and O–H groups in total. The number of alkyl halides is 6. The summed E-state index contributed by atoms with van der Waals surface area (Å²) in [5.74, 6) is -4.22. The summed E-state index contributed by atoms with van der Waals surface area (Å²) in [7, 11) is 0. The molecular weight excluding hydrogens is 750 g/mol. The van der Waals surface area contributed by atoms with Crippen molar-refractivity contribution in [1.82, 2.24) is 10.2 Å². The lowest BCUT2D eigenvalue weighted by Gasteiger charge is -2.37. The molecule has 0 heterocycles. The third-order valence-corrected chi connectivity index (χ3v) is 7.59. The highest BCUT2D eigenvalue weighted by atomic mass is 79.9. The van der Waals surface area contributed by atoms with Crippen molar-refractivity contribution >= 4 is 49.4 Å². The molecule has 2 rings (SSSR count). The van der Waals surface area contributed by atoms with Crippen LogP contribution >= 0.6 is 31.9 Å². The summed E-state index contributed by atoms with van der Waals surface area (Å²) < 4.78 is 82.7. The number of halogens is 8. The number of nitrogens with one attached hydrogen (secondary N) is 2. The van der Waals surface area contributed by atoms with Crippen LogP contribution in [0.3, 0.4) is 0 Å². The molecule has 0 spiro atoms. The minimum Gasteiger partial charge on any atom is -0.341 e. The molecule has 0 saturated carbocycles. The van der Waals surface area contributed by atoms with Crippen LogP contribution in [-0.2, 0) is 9.59 Å². The fourth-order valence-electron chi connectivity index (χ4n) is 4.60. The summed E-state index contributed by atoms with van der Waals surface area (Å²) >= 11 is 6.30. The molecule has 2 aromatic rings. The molecule has 2 unspecified atom stereocenters. The first-order chi connectivity index (χ1) is 21.4. The molecule has 0 aromatic heterocycles. The summed E-state index contributed by atoms with van der Waals surface area (Å²) in [4.78, 5) is 24.8. The SMILES string of the molecule is CCCC(=N)C(=O)N(CC#N)C(c1ccc(Br)cc1)C(F)(F)F.CCC[C@](N)(C(=O)NCC#N)C(c1ccc(Br)cc1)C(F)(F)F. The van der Waals surface area contributed by atoms with Crippen LogP contribution in [-0.4, -0.2) is 53.4 Å². The number of nitriles is 2. The van der Waals surface area contributed by atoms with Crippen molar-refractivity contribution in [3.8, 4) is 12.1 Å². The third-order valence-electron chi connectivity index (χ3n) is 6.53. The second-order valence-corrected chi connectivity index (χ2v) is 11.8. The van der Waals surface area contributed by atoms with Gasteiger partial charge in [-0.2, -0.15) is 36.9 Å². The van der Waals surface area contributed by atoms with Crippen molar-refractivity contribution in [1.29, 1.82) is 15.9 Å². The highest BCUT2D eigenvalue weighted by molar-refractivity contribution is 9.10. The zero-order valence-corrected chi connectivity index (χ0v) is 27.9. The van der Waals surface area contributed by atoms with Crippen LogP contribution in [0.2, 0.25) is 0 Å². The van der Waals surface area contributed by atoms with Crippen molar-refractivity contribution in [2.45, 2.75) is 69.4 Å². The van der Waals surface area contributed by atoms with Crippen LogP contribution in [0.5, 0.6) is 0 Å². The molecule has 16 heteroatoms. The molecule has 0 aliphatic rings. The van der Waals surface area contributed by atoms with E-state index in [2.05, 4.69) is 37.2 Å². The van der Waals surface area contributed by atoms with Gasteiger partial charge in [0.2, 0.25) is 5.91 Å². The number of amides is 2. The quantitative estimate of drug-likeness (QED) is 0.116. The van der Waals surface area contributed by atoms with Crippen molar-refractivity contribution < 1.29 is 35.9 Å². The number of carbonyl (C=O) groups is 2. The summed E-state index contributed by atoms with van der Waals surface area (Å²) in [5.41, 5.74) is 3.07. The minimum atomic E-state index is -4.76. The van der Waals surface area contributed by atoms with E-state index in [1.54, 1.807) is 26.0 Å². The third kappa shape index (κ3) is 11.4. The molecule has 0 fully saturated rings. The summed E-state index contributed by atoms with van der Waals surface area (Å²) in [5, 5.41) is 27.1. The van der Waals surface area contributed by atoms with Gasteiger partial charge in [-0.1, -0.05) is 82.8 Å². The second kappa shape index (κ2) is 18.0. The maximum atomic E-state index is 13.7. The van der Waals surface area contributed by atoms with Gasteiger partial charge < -0.3 is 16.0 Å². The van der Waals surface area contributed by atoms with Crippen LogP contribution in [0.1, 0.15) is 62.6 Å². The molecule has 8 nitrogen and oxygen atoms in total. The minimum absolute atomic E-state index is 0.0612. The Morgan fingerprint density at radius 1 is 0.891 bits per heavy atom. The van der Waals surface area contributed by atoms with Crippen LogP contribution in [0.25, 0.3) is 0 Å². The number of nitrogens with two attached hydrogens (primary N) is 1. The average Bonchev–Trinajstić information content (AvgIpc) is 2.96. The Morgan fingerprint density at radius 3 is 1.78 bits per heavy atom. The standard InChI is InChI=1S/C15H17BrF3N3O.C15H15BrF3N3O/c1-2-7-14(21,13(23)22-9-8-20)12(15(17,18)19)10-3-5-11(16)6-4-10;1-2-3-12(21)14(23)22(9-8-20)13(15(17,18)19)10-4-6-11(16)7-5-10/h3-6,12H,2,7,9,21H2,1H3,(H,22,23);4-7,13,21H,2-3,9H2,1H3/t12?,14-;/m1./s1. The Kier molecular flexibility index (Phi) is 15.9. The van der Waals surface area contributed by atoms with Crippen molar-refractivity contribution in [3.05, 3.63) is 68.6 Å². The van der Waals surface area contributed by atoms with Gasteiger partial charge in [-0.25, -0.2) is 0 Å². The van der Waals surface area contributed by atoms with Gasteiger partial charge >= 0.3 is 12.4 Å². The average molecular weight is 782 g/mol. The predicted molar refractivity (Wildman–Crippen MR) is 166 cm³/mol. The molecular formula is C30H32Br2F6N6O2. The Hall–Kier alpha value is -3.47. The highest BCUT2D eigenvalue weighted by Crippen LogP contribution is 2.44. The lowest BCUT2D eigenvalue weighted by atomic mass is 9.75. The van der Waals surface area contributed by atoms with E-state index in [1.165, 1.54) is 48.5 Å². The van der Waals surface area contributed by atoms with E-state index in [1.807, 2.05) is 0 Å². The lowest BCUT2D eigenvalue weighted by Crippen LogP contribution is -2.61. The van der Waals surface area contributed by atoms with Gasteiger partial charge in [0.05, 0.1) is 17.9 Å². The zero-order chi connectivity index (χ0) is 35.3. The van der Waals surface area contributed by atoms with Gasteiger partial charge in [0.1, 0.15) is 24.5 Å². The maximum Gasteiger partial charge on any atom is 0.413 e. The van der Waals surface area contributed by atoms with Crippen LogP contribution in [0.15, 0.2) is 57.5 Å². The zero-order valence-electron chi connectivity index (χ0n) is 24.8. The first kappa shape index (κ1) is 40.6. The number of carbonyl (C=O) groups excluding carboxylic acids is 2. The smallest absolute Gasteiger partial charge is 0.341 e. The number of hydrogen-bond donors (Lipinski definition) is 3. The molecule has 0 radical (unpaired) electrons. The van der Waals surface area contributed by atoms with E-state index in [9.17, 15) is 35.9 Å². The van der Waals surface area contributed by atoms with Gasteiger partial charge in [0, 0.05) is 8.95 Å². The monoisotopic (exact) mass is 780 g/mol. The van der Waals surface area contributed by atoms with Crippen LogP contribution < -0.4 is 11.1 Å². The molecule has 2 aromatic carbocycles. The molecule has 0 aliphatic heterocycles. The number of nitrogens with zero attached hydrogens (tertiary/aromatic N) is 3. The van der Waals surface area contributed by atoms with E-state index < -0.39 is 60.5 Å². The Bertz CT molecular complexity index is 1410. The van der Waals surface area contributed by atoms with E-state index >= 15 is 0 Å². The number of rotatable bonds is 12. The first-order valence-corrected chi connectivity index (χ1v) is 15.3.